The van der Waals surface area contributed by atoms with Crippen LogP contribution in [-0.2, 0) is 16.0 Å². The maximum Gasteiger partial charge on any atom is 0.246 e. The van der Waals surface area contributed by atoms with Crippen LogP contribution in [-0.4, -0.2) is 32.4 Å². The Morgan fingerprint density at radius 2 is 2.32 bits per heavy atom. The first-order valence-corrected chi connectivity index (χ1v) is 6.51. The molecule has 1 atom stereocenters. The van der Waals surface area contributed by atoms with Gasteiger partial charge >= 0.3 is 0 Å². The molecule has 1 amide bonds. The van der Waals surface area contributed by atoms with Gasteiger partial charge in [0.2, 0.25) is 5.91 Å². The molecule has 0 saturated heterocycles. The Kier molecular flexibility index (Phi) is 4.32. The predicted octanol–water partition coefficient (Wildman–Crippen LogP) is 1.88. The molecule has 0 spiro atoms. The van der Waals surface area contributed by atoms with Gasteiger partial charge in [0.1, 0.15) is 6.61 Å². The highest BCUT2D eigenvalue weighted by atomic mass is 16.5. The average molecular weight is 260 g/mol. The van der Waals surface area contributed by atoms with Crippen molar-refractivity contribution in [1.82, 2.24) is 5.32 Å². The summed E-state index contributed by atoms with van der Waals surface area (Å²) in [6.45, 7) is 2.13. The number of amides is 1. The lowest BCUT2D eigenvalue weighted by molar-refractivity contribution is -0.125. The Labute approximate surface area is 113 Å². The van der Waals surface area contributed by atoms with Gasteiger partial charge in [-0.2, -0.15) is 0 Å². The molecule has 1 unspecified atom stereocenters. The molecular formula is C15H20N2O2. The van der Waals surface area contributed by atoms with Gasteiger partial charge in [-0.25, -0.2) is 0 Å². The van der Waals surface area contributed by atoms with Crippen LogP contribution in [0.25, 0.3) is 0 Å². The SMILES string of the molecule is CN=C(C)c1cccc2c1CCC2NC(=O)COC. The lowest BCUT2D eigenvalue weighted by Crippen LogP contribution is -2.30. The summed E-state index contributed by atoms with van der Waals surface area (Å²) in [5.74, 6) is -0.0633. The second-order valence-electron chi connectivity index (χ2n) is 4.77. The first-order valence-electron chi connectivity index (χ1n) is 6.51. The Bertz CT molecular complexity index is 509. The summed E-state index contributed by atoms with van der Waals surface area (Å²) in [6, 6.07) is 6.32. The molecule has 0 heterocycles. The summed E-state index contributed by atoms with van der Waals surface area (Å²) < 4.78 is 4.85. The zero-order valence-electron chi connectivity index (χ0n) is 11.7. The maximum atomic E-state index is 11.6. The Balaban J connectivity index is 2.24. The third-order valence-corrected chi connectivity index (χ3v) is 3.61. The highest BCUT2D eigenvalue weighted by molar-refractivity contribution is 6.00. The lowest BCUT2D eigenvalue weighted by Gasteiger charge is -2.14. The fourth-order valence-electron chi connectivity index (χ4n) is 2.63. The van der Waals surface area contributed by atoms with Crippen molar-refractivity contribution >= 4 is 11.6 Å². The number of carbonyl (C=O) groups excluding carboxylic acids is 1. The van der Waals surface area contributed by atoms with E-state index in [1.165, 1.54) is 23.8 Å². The van der Waals surface area contributed by atoms with E-state index in [0.29, 0.717) is 0 Å². The number of aliphatic imine (C=N–C) groups is 1. The highest BCUT2D eigenvalue weighted by Gasteiger charge is 2.26. The topological polar surface area (TPSA) is 50.7 Å². The van der Waals surface area contributed by atoms with Crippen LogP contribution < -0.4 is 5.32 Å². The minimum atomic E-state index is -0.0633. The van der Waals surface area contributed by atoms with Crippen LogP contribution in [0.1, 0.15) is 36.1 Å². The van der Waals surface area contributed by atoms with Crippen LogP contribution in [0.5, 0.6) is 0 Å². The minimum Gasteiger partial charge on any atom is -0.375 e. The second-order valence-corrected chi connectivity index (χ2v) is 4.77. The van der Waals surface area contributed by atoms with Gasteiger partial charge in [-0.3, -0.25) is 9.79 Å². The molecule has 0 aromatic heterocycles. The number of hydrogen-bond acceptors (Lipinski definition) is 3. The van der Waals surface area contributed by atoms with Crippen molar-refractivity contribution < 1.29 is 9.53 Å². The molecule has 4 heteroatoms. The summed E-state index contributed by atoms with van der Waals surface area (Å²) in [6.07, 6.45) is 1.93. The number of hydrogen-bond donors (Lipinski definition) is 1. The molecule has 1 aromatic rings. The minimum absolute atomic E-state index is 0.0633. The van der Waals surface area contributed by atoms with Gasteiger partial charge in [0.05, 0.1) is 6.04 Å². The van der Waals surface area contributed by atoms with Crippen LogP contribution in [0.4, 0.5) is 0 Å². The Morgan fingerprint density at radius 3 is 3.00 bits per heavy atom. The van der Waals surface area contributed by atoms with Gasteiger partial charge in [-0.15, -0.1) is 0 Å². The van der Waals surface area contributed by atoms with Crippen molar-refractivity contribution in [3.05, 3.63) is 34.9 Å². The van der Waals surface area contributed by atoms with Crippen molar-refractivity contribution in [2.24, 2.45) is 4.99 Å². The van der Waals surface area contributed by atoms with E-state index in [2.05, 4.69) is 22.4 Å². The molecular weight excluding hydrogens is 240 g/mol. The van der Waals surface area contributed by atoms with Crippen molar-refractivity contribution in [2.45, 2.75) is 25.8 Å². The molecule has 0 aliphatic heterocycles. The summed E-state index contributed by atoms with van der Waals surface area (Å²) >= 11 is 0. The van der Waals surface area contributed by atoms with E-state index in [0.717, 1.165) is 18.6 Å². The zero-order valence-corrected chi connectivity index (χ0v) is 11.7. The second kappa shape index (κ2) is 5.97. The number of benzene rings is 1. The van der Waals surface area contributed by atoms with E-state index >= 15 is 0 Å². The third kappa shape index (κ3) is 2.84. The molecule has 1 aliphatic rings. The van der Waals surface area contributed by atoms with Gasteiger partial charge in [-0.1, -0.05) is 18.2 Å². The van der Waals surface area contributed by atoms with Crippen molar-refractivity contribution in [3.8, 4) is 0 Å². The van der Waals surface area contributed by atoms with Crippen molar-refractivity contribution in [1.29, 1.82) is 0 Å². The number of methoxy groups -OCH3 is 1. The standard InChI is InChI=1S/C15H20N2O2/c1-10(16-2)11-5-4-6-13-12(11)7-8-14(13)17-15(18)9-19-3/h4-6,14H,7-9H2,1-3H3,(H,17,18). The first kappa shape index (κ1) is 13.7. The van der Waals surface area contributed by atoms with E-state index in [1.54, 1.807) is 0 Å². The van der Waals surface area contributed by atoms with Crippen LogP contribution in [0.2, 0.25) is 0 Å². The number of ether oxygens (including phenoxy) is 1. The van der Waals surface area contributed by atoms with E-state index in [-0.39, 0.29) is 18.6 Å². The van der Waals surface area contributed by atoms with Gasteiger partial charge in [-0.05, 0) is 36.5 Å². The fourth-order valence-corrected chi connectivity index (χ4v) is 2.63. The lowest BCUT2D eigenvalue weighted by atomic mass is 9.99. The molecule has 4 nitrogen and oxygen atoms in total. The highest BCUT2D eigenvalue weighted by Crippen LogP contribution is 2.33. The number of carbonyl (C=O) groups is 1. The van der Waals surface area contributed by atoms with Gasteiger partial charge < -0.3 is 10.1 Å². The molecule has 0 fully saturated rings. The van der Waals surface area contributed by atoms with Crippen molar-refractivity contribution in [2.75, 3.05) is 20.8 Å². The molecule has 1 N–H and O–H groups in total. The van der Waals surface area contributed by atoms with Crippen LogP contribution >= 0.6 is 0 Å². The smallest absolute Gasteiger partial charge is 0.246 e. The van der Waals surface area contributed by atoms with Crippen LogP contribution in [0.3, 0.4) is 0 Å². The summed E-state index contributed by atoms with van der Waals surface area (Å²) in [7, 11) is 3.34. The van der Waals surface area contributed by atoms with Crippen LogP contribution in [0, 0.1) is 0 Å². The van der Waals surface area contributed by atoms with E-state index in [9.17, 15) is 4.79 Å². The van der Waals surface area contributed by atoms with E-state index in [4.69, 9.17) is 4.74 Å². The summed E-state index contributed by atoms with van der Waals surface area (Å²) in [4.78, 5) is 15.9. The van der Waals surface area contributed by atoms with Gasteiger partial charge in [0, 0.05) is 19.9 Å². The molecule has 19 heavy (non-hydrogen) atoms. The van der Waals surface area contributed by atoms with Crippen LogP contribution in [0.15, 0.2) is 23.2 Å². The third-order valence-electron chi connectivity index (χ3n) is 3.61. The van der Waals surface area contributed by atoms with E-state index < -0.39 is 0 Å². The van der Waals surface area contributed by atoms with Gasteiger partial charge in [0.15, 0.2) is 0 Å². The molecule has 0 radical (unpaired) electrons. The molecule has 0 bridgehead atoms. The molecule has 0 saturated carbocycles. The number of fused-ring (bicyclic) bond motifs is 1. The number of rotatable bonds is 4. The Morgan fingerprint density at radius 1 is 1.53 bits per heavy atom. The monoisotopic (exact) mass is 260 g/mol. The van der Waals surface area contributed by atoms with Crippen molar-refractivity contribution in [3.63, 3.8) is 0 Å². The number of nitrogens with one attached hydrogen (secondary N) is 1. The largest absolute Gasteiger partial charge is 0.375 e. The molecule has 1 aliphatic carbocycles. The first-order chi connectivity index (χ1) is 9.17. The average Bonchev–Trinajstić information content (AvgIpc) is 2.81. The maximum absolute atomic E-state index is 11.6. The predicted molar refractivity (Wildman–Crippen MR) is 75.7 cm³/mol. The molecule has 1 aromatic carbocycles. The summed E-state index contributed by atoms with van der Waals surface area (Å²) in [5, 5.41) is 3.02. The number of nitrogens with zero attached hydrogens (tertiary/aromatic N) is 1. The molecule has 102 valence electrons. The normalized spacial score (nSPS) is 18.3. The fraction of sp³-hybridized carbons (Fsp3) is 0.467. The Hall–Kier alpha value is -1.68. The quantitative estimate of drug-likeness (QED) is 0.840. The zero-order chi connectivity index (χ0) is 13.8. The summed E-state index contributed by atoms with van der Waals surface area (Å²) in [5.41, 5.74) is 4.77. The van der Waals surface area contributed by atoms with Gasteiger partial charge in [0.25, 0.3) is 0 Å². The molecule has 2 rings (SSSR count). The van der Waals surface area contributed by atoms with E-state index in [1.807, 2.05) is 20.0 Å².